The molecule has 0 bridgehead atoms. The first kappa shape index (κ1) is 17.1. The second-order valence-electron chi connectivity index (χ2n) is 7.78. The molecular formula is C17H28F2N2O2. The van der Waals surface area contributed by atoms with Crippen LogP contribution in [0, 0.1) is 5.92 Å². The van der Waals surface area contributed by atoms with Crippen LogP contribution in [0.15, 0.2) is 0 Å². The quantitative estimate of drug-likeness (QED) is 0.860. The third-order valence-corrected chi connectivity index (χ3v) is 5.73. The van der Waals surface area contributed by atoms with Gasteiger partial charge in [-0.3, -0.25) is 9.69 Å². The summed E-state index contributed by atoms with van der Waals surface area (Å²) in [7, 11) is 0. The zero-order valence-corrected chi connectivity index (χ0v) is 13.8. The summed E-state index contributed by atoms with van der Waals surface area (Å²) in [5, 5.41) is 10.7. The van der Waals surface area contributed by atoms with E-state index in [1.54, 1.807) is 4.90 Å². The number of likely N-dealkylation sites (tertiary alicyclic amines) is 2. The lowest BCUT2D eigenvalue weighted by Crippen LogP contribution is -2.49. The topological polar surface area (TPSA) is 43.8 Å². The smallest absolute Gasteiger partial charge is 0.250 e. The molecule has 0 radical (unpaired) electrons. The van der Waals surface area contributed by atoms with Crippen LogP contribution in [0.4, 0.5) is 8.78 Å². The van der Waals surface area contributed by atoms with Gasteiger partial charge in [0.2, 0.25) is 5.91 Å². The molecule has 132 valence electrons. The summed E-state index contributed by atoms with van der Waals surface area (Å²) in [4.78, 5) is 16.1. The number of piperidine rings is 1. The SMILES string of the molecule is O=C(CC1CCCC1)N1CC[C@@](O)(CN2CCC(F)(F)CC2)C1. The number of carbonyl (C=O) groups excluding carboxylic acids is 1. The highest BCUT2D eigenvalue weighted by Gasteiger charge is 2.42. The number of nitrogens with zero attached hydrogens (tertiary/aromatic N) is 2. The lowest BCUT2D eigenvalue weighted by atomic mass is 9.99. The van der Waals surface area contributed by atoms with Crippen molar-refractivity contribution in [1.29, 1.82) is 0 Å². The molecule has 2 heterocycles. The first-order chi connectivity index (χ1) is 10.9. The maximum absolute atomic E-state index is 13.2. The van der Waals surface area contributed by atoms with E-state index in [9.17, 15) is 18.7 Å². The molecule has 1 aliphatic carbocycles. The molecule has 0 aromatic rings. The average Bonchev–Trinajstić information content (AvgIpc) is 3.11. The number of alkyl halides is 2. The van der Waals surface area contributed by atoms with Crippen molar-refractivity contribution in [3.05, 3.63) is 0 Å². The maximum atomic E-state index is 13.2. The monoisotopic (exact) mass is 330 g/mol. The number of rotatable bonds is 4. The Balaban J connectivity index is 1.46. The van der Waals surface area contributed by atoms with Gasteiger partial charge in [0.25, 0.3) is 5.92 Å². The van der Waals surface area contributed by atoms with E-state index in [1.807, 2.05) is 4.90 Å². The molecule has 1 saturated carbocycles. The number of hydrogen-bond donors (Lipinski definition) is 1. The molecule has 1 amide bonds. The van der Waals surface area contributed by atoms with E-state index in [2.05, 4.69) is 0 Å². The van der Waals surface area contributed by atoms with Crippen molar-refractivity contribution < 1.29 is 18.7 Å². The summed E-state index contributed by atoms with van der Waals surface area (Å²) in [6.45, 7) is 1.99. The van der Waals surface area contributed by atoms with Gasteiger partial charge in [-0.05, 0) is 25.2 Å². The molecule has 2 aliphatic heterocycles. The van der Waals surface area contributed by atoms with E-state index in [4.69, 9.17) is 0 Å². The van der Waals surface area contributed by atoms with Crippen LogP contribution in [0.25, 0.3) is 0 Å². The van der Waals surface area contributed by atoms with Crippen LogP contribution in [0.1, 0.15) is 51.4 Å². The van der Waals surface area contributed by atoms with Crippen LogP contribution in [0.2, 0.25) is 0 Å². The molecule has 3 aliphatic rings. The first-order valence-corrected chi connectivity index (χ1v) is 8.96. The molecule has 3 fully saturated rings. The van der Waals surface area contributed by atoms with Gasteiger partial charge in [-0.2, -0.15) is 0 Å². The van der Waals surface area contributed by atoms with Gasteiger partial charge in [0.15, 0.2) is 0 Å². The zero-order chi connectivity index (χ0) is 16.5. The Morgan fingerprint density at radius 2 is 1.74 bits per heavy atom. The Hall–Kier alpha value is -0.750. The van der Waals surface area contributed by atoms with Crippen molar-refractivity contribution in [3.63, 3.8) is 0 Å². The van der Waals surface area contributed by atoms with Crippen LogP contribution < -0.4 is 0 Å². The third kappa shape index (κ3) is 4.41. The minimum absolute atomic E-state index is 0.132. The highest BCUT2D eigenvalue weighted by Crippen LogP contribution is 2.32. The zero-order valence-electron chi connectivity index (χ0n) is 13.8. The lowest BCUT2D eigenvalue weighted by Gasteiger charge is -2.36. The number of hydrogen-bond acceptors (Lipinski definition) is 3. The van der Waals surface area contributed by atoms with E-state index in [-0.39, 0.29) is 18.7 Å². The van der Waals surface area contributed by atoms with Crippen LogP contribution >= 0.6 is 0 Å². The van der Waals surface area contributed by atoms with Crippen molar-refractivity contribution >= 4 is 5.91 Å². The first-order valence-electron chi connectivity index (χ1n) is 8.96. The Labute approximate surface area is 136 Å². The van der Waals surface area contributed by atoms with Crippen molar-refractivity contribution in [1.82, 2.24) is 9.80 Å². The Kier molecular flexibility index (Phi) is 4.93. The summed E-state index contributed by atoms with van der Waals surface area (Å²) >= 11 is 0. The fourth-order valence-electron chi connectivity index (χ4n) is 4.24. The molecule has 23 heavy (non-hydrogen) atoms. The minimum Gasteiger partial charge on any atom is -0.387 e. The van der Waals surface area contributed by atoms with Gasteiger partial charge in [0.05, 0.1) is 12.1 Å². The Morgan fingerprint density at radius 1 is 1.09 bits per heavy atom. The normalized spacial score (nSPS) is 32.6. The molecule has 0 spiro atoms. The molecule has 0 aromatic carbocycles. The fourth-order valence-corrected chi connectivity index (χ4v) is 4.24. The van der Waals surface area contributed by atoms with E-state index >= 15 is 0 Å². The largest absolute Gasteiger partial charge is 0.387 e. The number of aliphatic hydroxyl groups is 1. The molecule has 0 unspecified atom stereocenters. The predicted octanol–water partition coefficient (Wildman–Crippen LogP) is 2.26. The molecule has 1 N–H and O–H groups in total. The van der Waals surface area contributed by atoms with Crippen molar-refractivity contribution in [3.8, 4) is 0 Å². The van der Waals surface area contributed by atoms with Crippen molar-refractivity contribution in [2.75, 3.05) is 32.7 Å². The molecule has 1 atom stereocenters. The van der Waals surface area contributed by atoms with Crippen LogP contribution in [0.5, 0.6) is 0 Å². The average molecular weight is 330 g/mol. The number of halogens is 2. The van der Waals surface area contributed by atoms with E-state index in [1.165, 1.54) is 12.8 Å². The number of carbonyl (C=O) groups is 1. The van der Waals surface area contributed by atoms with Gasteiger partial charge >= 0.3 is 0 Å². The number of β-amino-alcohol motifs (C(OH)–C–C–N with tert-alkyl or cyclic N) is 1. The van der Waals surface area contributed by atoms with Gasteiger partial charge in [0, 0.05) is 45.4 Å². The van der Waals surface area contributed by atoms with E-state index in [0.29, 0.717) is 51.5 Å². The number of amides is 1. The minimum atomic E-state index is -2.56. The second-order valence-corrected chi connectivity index (χ2v) is 7.78. The van der Waals surface area contributed by atoms with Crippen LogP contribution in [-0.4, -0.2) is 65.1 Å². The molecule has 0 aromatic heterocycles. The molecule has 6 heteroatoms. The molecular weight excluding hydrogens is 302 g/mol. The second kappa shape index (κ2) is 6.63. The third-order valence-electron chi connectivity index (χ3n) is 5.73. The molecule has 4 nitrogen and oxygen atoms in total. The fraction of sp³-hybridized carbons (Fsp3) is 0.941. The summed E-state index contributed by atoms with van der Waals surface area (Å²) < 4.78 is 26.4. The highest BCUT2D eigenvalue weighted by molar-refractivity contribution is 5.77. The van der Waals surface area contributed by atoms with Gasteiger partial charge < -0.3 is 10.0 Å². The highest BCUT2D eigenvalue weighted by atomic mass is 19.3. The summed E-state index contributed by atoms with van der Waals surface area (Å²) in [6, 6.07) is 0. The van der Waals surface area contributed by atoms with E-state index < -0.39 is 11.5 Å². The lowest BCUT2D eigenvalue weighted by molar-refractivity contribution is -0.132. The van der Waals surface area contributed by atoms with Crippen molar-refractivity contribution in [2.24, 2.45) is 5.92 Å². The van der Waals surface area contributed by atoms with Crippen LogP contribution in [0.3, 0.4) is 0 Å². The summed E-state index contributed by atoms with van der Waals surface area (Å²) in [5.74, 6) is -1.89. The van der Waals surface area contributed by atoms with Crippen molar-refractivity contribution in [2.45, 2.75) is 62.9 Å². The molecule has 3 rings (SSSR count). The Morgan fingerprint density at radius 3 is 2.39 bits per heavy atom. The summed E-state index contributed by atoms with van der Waals surface area (Å²) in [6.07, 6.45) is 5.63. The van der Waals surface area contributed by atoms with Crippen LogP contribution in [-0.2, 0) is 4.79 Å². The van der Waals surface area contributed by atoms with Gasteiger partial charge in [-0.25, -0.2) is 8.78 Å². The Bertz CT molecular complexity index is 430. The predicted molar refractivity (Wildman–Crippen MR) is 83.3 cm³/mol. The standard InChI is InChI=1S/C17H28F2N2O2/c18-17(19)6-8-20(9-7-17)12-16(23)5-10-21(13-16)15(22)11-14-3-1-2-4-14/h14,23H,1-13H2/t16-/m1/s1. The van der Waals surface area contributed by atoms with Gasteiger partial charge in [-0.1, -0.05) is 12.8 Å². The summed E-state index contributed by atoms with van der Waals surface area (Å²) in [5.41, 5.74) is -0.933. The molecule has 2 saturated heterocycles. The van der Waals surface area contributed by atoms with Gasteiger partial charge in [0.1, 0.15) is 0 Å². The van der Waals surface area contributed by atoms with E-state index in [0.717, 1.165) is 12.8 Å². The van der Waals surface area contributed by atoms with Gasteiger partial charge in [-0.15, -0.1) is 0 Å². The maximum Gasteiger partial charge on any atom is 0.250 e.